The third-order valence-electron chi connectivity index (χ3n) is 6.07. The summed E-state index contributed by atoms with van der Waals surface area (Å²) in [5.41, 5.74) is 3.21. The van der Waals surface area contributed by atoms with E-state index in [-0.39, 0.29) is 16.4 Å². The van der Waals surface area contributed by atoms with Crippen LogP contribution in [0.3, 0.4) is 0 Å². The Morgan fingerprint density at radius 3 is 2.40 bits per heavy atom. The zero-order chi connectivity index (χ0) is 21.4. The number of methoxy groups -OCH3 is 1. The minimum atomic E-state index is -3.77. The van der Waals surface area contributed by atoms with Crippen molar-refractivity contribution in [2.75, 3.05) is 18.6 Å². The van der Waals surface area contributed by atoms with Gasteiger partial charge in [-0.2, -0.15) is 0 Å². The van der Waals surface area contributed by atoms with Gasteiger partial charge in [-0.25, -0.2) is 16.8 Å². The van der Waals surface area contributed by atoms with Gasteiger partial charge in [0.05, 0.1) is 28.8 Å². The van der Waals surface area contributed by atoms with Crippen LogP contribution in [-0.2, 0) is 39.1 Å². The zero-order valence-electron chi connectivity index (χ0n) is 17.0. The maximum absolute atomic E-state index is 13.4. The normalized spacial score (nSPS) is 23.1. The standard InChI is InChI=1S/C22H27NO5S2/c1-28-19-9-6-16(7-10-19)13-23-21-14-29(24,25)15-22(21)30(26,27)20-11-8-17-4-2-3-5-18(17)12-20/h6-12,21-23H,2-5,13-15H2,1H3/t21-,22-/m0/s1. The Bertz CT molecular complexity index is 1120. The second kappa shape index (κ2) is 8.32. The summed E-state index contributed by atoms with van der Waals surface area (Å²) in [5.74, 6) is 0.222. The van der Waals surface area contributed by atoms with Crippen molar-refractivity contribution in [3.05, 3.63) is 59.2 Å². The van der Waals surface area contributed by atoms with Gasteiger partial charge in [-0.3, -0.25) is 0 Å². The van der Waals surface area contributed by atoms with E-state index in [2.05, 4.69) is 5.32 Å². The van der Waals surface area contributed by atoms with Gasteiger partial charge in [0.25, 0.3) is 0 Å². The highest BCUT2D eigenvalue weighted by atomic mass is 32.2. The Morgan fingerprint density at radius 1 is 1.00 bits per heavy atom. The van der Waals surface area contributed by atoms with Gasteiger partial charge in [0, 0.05) is 12.6 Å². The third-order valence-corrected chi connectivity index (χ3v) is 10.2. The molecule has 1 heterocycles. The Morgan fingerprint density at radius 2 is 1.70 bits per heavy atom. The SMILES string of the molecule is COc1ccc(CN[C@H]2CS(=O)(=O)C[C@@H]2S(=O)(=O)c2ccc3c(c2)CCCC3)cc1. The Labute approximate surface area is 178 Å². The van der Waals surface area contributed by atoms with Crippen molar-refractivity contribution in [3.63, 3.8) is 0 Å². The number of fused-ring (bicyclic) bond motifs is 1. The first kappa shape index (κ1) is 21.3. The van der Waals surface area contributed by atoms with E-state index in [4.69, 9.17) is 4.74 Å². The van der Waals surface area contributed by atoms with E-state index >= 15 is 0 Å². The van der Waals surface area contributed by atoms with Gasteiger partial charge in [0.1, 0.15) is 5.75 Å². The summed E-state index contributed by atoms with van der Waals surface area (Å²) < 4.78 is 56.6. The van der Waals surface area contributed by atoms with Crippen molar-refractivity contribution in [2.24, 2.45) is 0 Å². The van der Waals surface area contributed by atoms with Gasteiger partial charge in [-0.05, 0) is 66.6 Å². The molecule has 2 aliphatic rings. The summed E-state index contributed by atoms with van der Waals surface area (Å²) in [6, 6.07) is 12.1. The van der Waals surface area contributed by atoms with Crippen LogP contribution < -0.4 is 10.1 Å². The molecular formula is C22H27NO5S2. The van der Waals surface area contributed by atoms with Gasteiger partial charge in [-0.1, -0.05) is 18.2 Å². The molecule has 1 aliphatic heterocycles. The van der Waals surface area contributed by atoms with Gasteiger partial charge >= 0.3 is 0 Å². The molecule has 2 aromatic rings. The van der Waals surface area contributed by atoms with Crippen molar-refractivity contribution in [3.8, 4) is 5.75 Å². The molecule has 0 amide bonds. The lowest BCUT2D eigenvalue weighted by molar-refractivity contribution is 0.414. The number of hydrogen-bond acceptors (Lipinski definition) is 6. The van der Waals surface area contributed by atoms with Crippen LogP contribution in [0.1, 0.15) is 29.5 Å². The second-order valence-corrected chi connectivity index (χ2v) is 12.5. The largest absolute Gasteiger partial charge is 0.497 e. The van der Waals surface area contributed by atoms with Crippen LogP contribution in [0.15, 0.2) is 47.4 Å². The molecule has 0 aromatic heterocycles. The van der Waals surface area contributed by atoms with E-state index in [1.54, 1.807) is 19.2 Å². The molecule has 1 N–H and O–H groups in total. The lowest BCUT2D eigenvalue weighted by atomic mass is 9.92. The molecule has 8 heteroatoms. The van der Waals surface area contributed by atoms with Crippen LogP contribution in [0.25, 0.3) is 0 Å². The molecule has 2 aromatic carbocycles. The fourth-order valence-corrected chi connectivity index (χ4v) is 9.13. The highest BCUT2D eigenvalue weighted by molar-refractivity contribution is 7.96. The van der Waals surface area contributed by atoms with Crippen molar-refractivity contribution >= 4 is 19.7 Å². The minimum Gasteiger partial charge on any atom is -0.497 e. The Balaban J connectivity index is 1.56. The fourth-order valence-electron chi connectivity index (χ4n) is 4.37. The average Bonchev–Trinajstić information content (AvgIpc) is 3.07. The Kier molecular flexibility index (Phi) is 5.92. The number of ether oxygens (including phenoxy) is 1. The topological polar surface area (TPSA) is 89.5 Å². The molecule has 4 rings (SSSR count). The van der Waals surface area contributed by atoms with Crippen LogP contribution in [0.5, 0.6) is 5.75 Å². The lowest BCUT2D eigenvalue weighted by Crippen LogP contribution is -2.43. The summed E-state index contributed by atoms with van der Waals surface area (Å²) in [5, 5.41) is 2.20. The lowest BCUT2D eigenvalue weighted by Gasteiger charge is -2.22. The van der Waals surface area contributed by atoms with E-state index in [9.17, 15) is 16.8 Å². The average molecular weight is 450 g/mol. The summed E-state index contributed by atoms with van der Waals surface area (Å²) in [4.78, 5) is 0.237. The van der Waals surface area contributed by atoms with Gasteiger partial charge in [0.15, 0.2) is 19.7 Å². The van der Waals surface area contributed by atoms with Crippen LogP contribution >= 0.6 is 0 Å². The van der Waals surface area contributed by atoms with E-state index in [1.807, 2.05) is 30.3 Å². The maximum Gasteiger partial charge on any atom is 0.183 e. The number of nitrogens with one attached hydrogen (secondary N) is 1. The van der Waals surface area contributed by atoms with Crippen molar-refractivity contribution in [1.82, 2.24) is 5.32 Å². The Hall–Kier alpha value is -1.90. The minimum absolute atomic E-state index is 0.169. The van der Waals surface area contributed by atoms with Gasteiger partial charge in [-0.15, -0.1) is 0 Å². The molecule has 0 saturated carbocycles. The van der Waals surface area contributed by atoms with E-state index < -0.39 is 31.0 Å². The first-order valence-corrected chi connectivity index (χ1v) is 13.6. The number of sulfone groups is 2. The van der Waals surface area contributed by atoms with Crippen molar-refractivity contribution in [2.45, 2.75) is 48.4 Å². The van der Waals surface area contributed by atoms with Crippen LogP contribution in [0.2, 0.25) is 0 Å². The number of rotatable bonds is 6. The smallest absolute Gasteiger partial charge is 0.183 e. The molecule has 162 valence electrons. The molecule has 1 fully saturated rings. The summed E-state index contributed by atoms with van der Waals surface area (Å²) >= 11 is 0. The molecule has 30 heavy (non-hydrogen) atoms. The van der Waals surface area contributed by atoms with E-state index in [1.165, 1.54) is 5.56 Å². The van der Waals surface area contributed by atoms with Gasteiger partial charge < -0.3 is 10.1 Å². The quantitative estimate of drug-likeness (QED) is 0.728. The molecule has 2 atom stereocenters. The molecule has 6 nitrogen and oxygen atoms in total. The number of benzene rings is 2. The monoisotopic (exact) mass is 449 g/mol. The highest BCUT2D eigenvalue weighted by Crippen LogP contribution is 2.30. The van der Waals surface area contributed by atoms with Crippen LogP contribution in [0, 0.1) is 0 Å². The molecule has 0 unspecified atom stereocenters. The van der Waals surface area contributed by atoms with Crippen molar-refractivity contribution < 1.29 is 21.6 Å². The molecular weight excluding hydrogens is 422 g/mol. The summed E-state index contributed by atoms with van der Waals surface area (Å²) in [6.07, 6.45) is 4.03. The van der Waals surface area contributed by atoms with E-state index in [0.29, 0.717) is 6.54 Å². The number of aryl methyl sites for hydroxylation is 2. The molecule has 0 bridgehead atoms. The van der Waals surface area contributed by atoms with Crippen LogP contribution in [0.4, 0.5) is 0 Å². The van der Waals surface area contributed by atoms with Crippen LogP contribution in [-0.4, -0.2) is 46.7 Å². The zero-order valence-corrected chi connectivity index (χ0v) is 18.6. The first-order chi connectivity index (χ1) is 14.3. The second-order valence-electron chi connectivity index (χ2n) is 8.13. The maximum atomic E-state index is 13.4. The predicted octanol–water partition coefficient (Wildman–Crippen LogP) is 2.30. The highest BCUT2D eigenvalue weighted by Gasteiger charge is 2.45. The summed E-state index contributed by atoms with van der Waals surface area (Å²) in [7, 11) is -5.61. The molecule has 0 spiro atoms. The van der Waals surface area contributed by atoms with E-state index in [0.717, 1.165) is 42.6 Å². The van der Waals surface area contributed by atoms with Gasteiger partial charge in [0.2, 0.25) is 0 Å². The van der Waals surface area contributed by atoms with Crippen molar-refractivity contribution in [1.29, 1.82) is 0 Å². The molecule has 1 aliphatic carbocycles. The first-order valence-electron chi connectivity index (χ1n) is 10.2. The summed E-state index contributed by atoms with van der Waals surface area (Å²) in [6.45, 7) is 0.389. The molecule has 0 radical (unpaired) electrons. The predicted molar refractivity (Wildman–Crippen MR) is 116 cm³/mol. The third kappa shape index (κ3) is 4.40. The number of hydrogen-bond donors (Lipinski definition) is 1. The fraction of sp³-hybridized carbons (Fsp3) is 0.455. The molecule has 1 saturated heterocycles.